The number of hydrogen-bond acceptors (Lipinski definition) is 2. The van der Waals surface area contributed by atoms with E-state index in [4.69, 9.17) is 10.0 Å². The molecule has 1 rings (SSSR count). The molecule has 1 unspecified atom stereocenters. The zero-order valence-corrected chi connectivity index (χ0v) is 8.32. The van der Waals surface area contributed by atoms with Crippen molar-refractivity contribution in [3.05, 3.63) is 34.3 Å². The van der Waals surface area contributed by atoms with E-state index in [1.54, 1.807) is 6.92 Å². The average molecular weight is 229 g/mol. The van der Waals surface area contributed by atoms with Crippen molar-refractivity contribution in [1.29, 1.82) is 0 Å². The van der Waals surface area contributed by atoms with Crippen LogP contribution in [0.25, 0.3) is 0 Å². The molecule has 0 amide bonds. The van der Waals surface area contributed by atoms with E-state index >= 15 is 0 Å². The number of hydrogen-bond donors (Lipinski definition) is 2. The Kier molecular flexibility index (Phi) is 3.32. The van der Waals surface area contributed by atoms with Crippen LogP contribution in [-0.4, -0.2) is 17.2 Å². The van der Waals surface area contributed by atoms with Gasteiger partial charge in [-0.15, -0.1) is 0 Å². The predicted molar refractivity (Wildman–Crippen MR) is 52.7 cm³/mol. The van der Waals surface area contributed by atoms with Crippen molar-refractivity contribution < 1.29 is 10.0 Å². The highest BCUT2D eigenvalue weighted by Gasteiger charge is 2.19. The van der Waals surface area contributed by atoms with Gasteiger partial charge in [-0.05, 0) is 17.7 Å². The largest absolute Gasteiger partial charge is 0.459 e. The van der Waals surface area contributed by atoms with Gasteiger partial charge in [-0.3, -0.25) is 0 Å². The zero-order chi connectivity index (χ0) is 9.14. The molecular weight excluding hydrogens is 219 g/mol. The molecule has 0 bridgehead atoms. The van der Waals surface area contributed by atoms with Gasteiger partial charge < -0.3 is 10.0 Å². The van der Waals surface area contributed by atoms with Crippen molar-refractivity contribution in [2.45, 2.75) is 12.7 Å². The minimum Gasteiger partial charge on any atom is -0.427 e. The Labute approximate surface area is 80.5 Å². The van der Waals surface area contributed by atoms with Gasteiger partial charge in [0.15, 0.2) is 0 Å². The smallest absolute Gasteiger partial charge is 0.427 e. The molecule has 2 N–H and O–H groups in total. The molecule has 0 fully saturated rings. The van der Waals surface area contributed by atoms with Crippen LogP contribution in [0.3, 0.4) is 0 Å². The first kappa shape index (κ1) is 9.77. The van der Waals surface area contributed by atoms with Crippen LogP contribution in [0, 0.1) is 0 Å². The minimum atomic E-state index is -1.29. The molecule has 2 nitrogen and oxygen atoms in total. The van der Waals surface area contributed by atoms with Gasteiger partial charge in [0.2, 0.25) is 0 Å². The Morgan fingerprint density at radius 2 is 2.08 bits per heavy atom. The maximum Gasteiger partial charge on any atom is 0.459 e. The Hall–Kier alpha value is -0.315. The van der Waals surface area contributed by atoms with Gasteiger partial charge in [-0.1, -0.05) is 35.0 Å². The number of benzene rings is 1. The summed E-state index contributed by atoms with van der Waals surface area (Å²) in [5.41, 5.74) is 0.916. The fourth-order valence-electron chi connectivity index (χ4n) is 0.962. The fraction of sp³-hybridized carbons (Fsp3) is 0.250. The third-order valence-corrected chi connectivity index (χ3v) is 2.31. The molecule has 4 heteroatoms. The summed E-state index contributed by atoms with van der Waals surface area (Å²) in [4.78, 5) is 0. The molecule has 1 atom stereocenters. The standard InChI is InChI=1S/C8H10BBrO2/c1-6(9(11)12)7-3-2-4-8(10)5-7/h2-6,11-12H,1H3. The molecule has 0 heterocycles. The number of halogens is 1. The van der Waals surface area contributed by atoms with Crippen molar-refractivity contribution >= 4 is 23.0 Å². The topological polar surface area (TPSA) is 40.5 Å². The van der Waals surface area contributed by atoms with Gasteiger partial charge in [0.1, 0.15) is 0 Å². The first-order valence-corrected chi connectivity index (χ1v) is 4.52. The predicted octanol–water partition coefficient (Wildman–Crippen LogP) is 1.56. The van der Waals surface area contributed by atoms with Crippen molar-refractivity contribution in [1.82, 2.24) is 0 Å². The zero-order valence-electron chi connectivity index (χ0n) is 6.74. The Bertz CT molecular complexity index is 265. The summed E-state index contributed by atoms with van der Waals surface area (Å²) in [5, 5.41) is 17.8. The van der Waals surface area contributed by atoms with Crippen molar-refractivity contribution in [2.75, 3.05) is 0 Å². The molecule has 0 aromatic heterocycles. The van der Waals surface area contributed by atoms with E-state index in [9.17, 15) is 0 Å². The summed E-state index contributed by atoms with van der Waals surface area (Å²) in [6.45, 7) is 1.77. The van der Waals surface area contributed by atoms with Crippen molar-refractivity contribution in [3.63, 3.8) is 0 Å². The lowest BCUT2D eigenvalue weighted by molar-refractivity contribution is 0.392. The summed E-state index contributed by atoms with van der Waals surface area (Å²) >= 11 is 3.32. The normalized spacial score (nSPS) is 12.7. The maximum atomic E-state index is 8.91. The molecule has 0 saturated heterocycles. The molecule has 0 saturated carbocycles. The van der Waals surface area contributed by atoms with Gasteiger partial charge in [0, 0.05) is 10.3 Å². The number of rotatable bonds is 2. The monoisotopic (exact) mass is 228 g/mol. The third-order valence-electron chi connectivity index (χ3n) is 1.82. The lowest BCUT2D eigenvalue weighted by Crippen LogP contribution is -2.20. The summed E-state index contributed by atoms with van der Waals surface area (Å²) in [5.74, 6) is -0.248. The average Bonchev–Trinajstić information content (AvgIpc) is 2.03. The summed E-state index contributed by atoms with van der Waals surface area (Å²) in [7, 11) is -1.29. The molecule has 0 spiro atoms. The molecular formula is C8H10BBrO2. The summed E-state index contributed by atoms with van der Waals surface area (Å²) in [6.07, 6.45) is 0. The van der Waals surface area contributed by atoms with E-state index < -0.39 is 7.12 Å². The molecule has 0 radical (unpaired) electrons. The lowest BCUT2D eigenvalue weighted by Gasteiger charge is -2.09. The highest BCUT2D eigenvalue weighted by Crippen LogP contribution is 2.19. The quantitative estimate of drug-likeness (QED) is 0.755. The van der Waals surface area contributed by atoms with Crippen LogP contribution in [0.4, 0.5) is 0 Å². The minimum absolute atomic E-state index is 0.248. The van der Waals surface area contributed by atoms with Crippen molar-refractivity contribution in [3.8, 4) is 0 Å². The van der Waals surface area contributed by atoms with E-state index in [1.807, 2.05) is 24.3 Å². The summed E-state index contributed by atoms with van der Waals surface area (Å²) in [6, 6.07) is 7.53. The second-order valence-electron chi connectivity index (χ2n) is 2.76. The molecule has 0 aliphatic carbocycles. The van der Waals surface area contributed by atoms with Crippen LogP contribution in [0.5, 0.6) is 0 Å². The van der Waals surface area contributed by atoms with Gasteiger partial charge in [-0.25, -0.2) is 0 Å². The Morgan fingerprint density at radius 3 is 2.58 bits per heavy atom. The second-order valence-corrected chi connectivity index (χ2v) is 3.67. The van der Waals surface area contributed by atoms with Crippen molar-refractivity contribution in [2.24, 2.45) is 0 Å². The maximum absolute atomic E-state index is 8.91. The third kappa shape index (κ3) is 2.34. The highest BCUT2D eigenvalue weighted by atomic mass is 79.9. The molecule has 0 aliphatic heterocycles. The second kappa shape index (κ2) is 4.07. The van der Waals surface area contributed by atoms with Crippen LogP contribution in [0.15, 0.2) is 28.7 Å². The molecule has 1 aromatic carbocycles. The summed E-state index contributed by atoms with van der Waals surface area (Å²) < 4.78 is 0.951. The van der Waals surface area contributed by atoms with Gasteiger partial charge in [-0.2, -0.15) is 0 Å². The van der Waals surface area contributed by atoms with Gasteiger partial charge in [0.05, 0.1) is 0 Å². The van der Waals surface area contributed by atoms with E-state index in [-0.39, 0.29) is 5.82 Å². The highest BCUT2D eigenvalue weighted by molar-refractivity contribution is 9.10. The van der Waals surface area contributed by atoms with E-state index in [2.05, 4.69) is 15.9 Å². The molecule has 12 heavy (non-hydrogen) atoms. The van der Waals surface area contributed by atoms with Crippen LogP contribution >= 0.6 is 15.9 Å². The van der Waals surface area contributed by atoms with Crippen LogP contribution < -0.4 is 0 Å². The first-order valence-electron chi connectivity index (χ1n) is 3.73. The molecule has 0 aliphatic rings. The van der Waals surface area contributed by atoms with Crippen LogP contribution in [0.1, 0.15) is 18.3 Å². The first-order chi connectivity index (χ1) is 5.61. The fourth-order valence-corrected chi connectivity index (χ4v) is 1.38. The molecule has 64 valence electrons. The van der Waals surface area contributed by atoms with Crippen LogP contribution in [-0.2, 0) is 0 Å². The van der Waals surface area contributed by atoms with Crippen LogP contribution in [0.2, 0.25) is 0 Å². The van der Waals surface area contributed by atoms with E-state index in [0.29, 0.717) is 0 Å². The lowest BCUT2D eigenvalue weighted by atomic mass is 9.70. The van der Waals surface area contributed by atoms with E-state index in [1.165, 1.54) is 0 Å². The Balaban J connectivity index is 2.88. The van der Waals surface area contributed by atoms with Gasteiger partial charge >= 0.3 is 7.12 Å². The van der Waals surface area contributed by atoms with Gasteiger partial charge in [0.25, 0.3) is 0 Å². The molecule has 1 aromatic rings. The SMILES string of the molecule is CC(B(O)O)c1cccc(Br)c1. The van der Waals surface area contributed by atoms with E-state index in [0.717, 1.165) is 10.0 Å². The Morgan fingerprint density at radius 1 is 1.42 bits per heavy atom.